The Morgan fingerprint density at radius 2 is 1.16 bits per heavy atom. The molecular weight excluding hydrogens is 380 g/mol. The van der Waals surface area contributed by atoms with Gasteiger partial charge in [-0.25, -0.2) is 0 Å². The van der Waals surface area contributed by atoms with Gasteiger partial charge >= 0.3 is 7.25 Å². The van der Waals surface area contributed by atoms with Crippen molar-refractivity contribution >= 4 is 30.5 Å². The first-order valence-electron chi connectivity index (χ1n) is 7.44. The summed E-state index contributed by atoms with van der Waals surface area (Å²) in [6.45, 7) is 1.38. The lowest BCUT2D eigenvalue weighted by Gasteiger charge is -2.42. The van der Waals surface area contributed by atoms with Gasteiger partial charge in [0.15, 0.2) is 0 Å². The van der Waals surface area contributed by atoms with Crippen molar-refractivity contribution in [2.45, 2.75) is 12.1 Å². The van der Waals surface area contributed by atoms with Crippen molar-refractivity contribution in [1.29, 1.82) is 0 Å². The standard InChI is InChI=1S/C16H15Cl2NO.BF4/c17-13-5-1-11(2-6-13)16(19-9-15(20)10-19)12-3-7-14(18)8-4-12;2-1(3,4)5/h1-8,15-16,20H,9-10H2;/q;-1. The van der Waals surface area contributed by atoms with Crippen molar-refractivity contribution < 1.29 is 22.4 Å². The highest BCUT2D eigenvalue weighted by Gasteiger charge is 2.32. The maximum atomic E-state index is 9.75. The molecule has 2 nitrogen and oxygen atoms in total. The van der Waals surface area contributed by atoms with E-state index < -0.39 is 7.25 Å². The number of aliphatic hydroxyl groups excluding tert-OH is 1. The molecule has 0 aromatic heterocycles. The van der Waals surface area contributed by atoms with Gasteiger partial charge in [0.25, 0.3) is 0 Å². The van der Waals surface area contributed by atoms with Gasteiger partial charge in [-0.05, 0) is 35.4 Å². The number of hydrogen-bond donors (Lipinski definition) is 1. The molecule has 1 heterocycles. The van der Waals surface area contributed by atoms with E-state index in [4.69, 9.17) is 23.2 Å². The number of nitrogens with zero attached hydrogens (tertiary/aromatic N) is 1. The fraction of sp³-hybridized carbons (Fsp3) is 0.250. The molecule has 0 radical (unpaired) electrons. The Morgan fingerprint density at radius 1 is 0.840 bits per heavy atom. The second-order valence-corrected chi connectivity index (χ2v) is 6.48. The molecule has 2 aromatic carbocycles. The third-order valence-electron chi connectivity index (χ3n) is 3.63. The summed E-state index contributed by atoms with van der Waals surface area (Å²) >= 11 is 11.9. The molecule has 0 unspecified atom stereocenters. The molecule has 0 bridgehead atoms. The third kappa shape index (κ3) is 6.51. The van der Waals surface area contributed by atoms with Crippen molar-refractivity contribution in [2.24, 2.45) is 0 Å². The molecule has 0 amide bonds. The summed E-state index contributed by atoms with van der Waals surface area (Å²) in [6, 6.07) is 15.9. The van der Waals surface area contributed by atoms with Crippen LogP contribution >= 0.6 is 23.2 Å². The van der Waals surface area contributed by atoms with E-state index in [1.54, 1.807) is 0 Å². The minimum Gasteiger partial charge on any atom is -0.418 e. The van der Waals surface area contributed by atoms with Gasteiger partial charge in [0.05, 0.1) is 12.1 Å². The fourth-order valence-corrected chi connectivity index (χ4v) is 2.85. The summed E-state index contributed by atoms with van der Waals surface area (Å²) in [6.07, 6.45) is -0.225. The van der Waals surface area contributed by atoms with Crippen molar-refractivity contribution in [2.75, 3.05) is 13.1 Å². The molecule has 1 saturated heterocycles. The topological polar surface area (TPSA) is 23.5 Å². The van der Waals surface area contributed by atoms with Gasteiger partial charge in [-0.3, -0.25) is 4.90 Å². The van der Waals surface area contributed by atoms with E-state index in [2.05, 4.69) is 4.90 Å². The van der Waals surface area contributed by atoms with Crippen LogP contribution in [0.5, 0.6) is 0 Å². The number of rotatable bonds is 3. The Hall–Kier alpha value is -1.28. The summed E-state index contributed by atoms with van der Waals surface area (Å²) < 4.78 is 39.0. The summed E-state index contributed by atoms with van der Waals surface area (Å²) in [5.74, 6) is 0. The second kappa shape index (κ2) is 8.40. The van der Waals surface area contributed by atoms with Crippen LogP contribution < -0.4 is 0 Å². The van der Waals surface area contributed by atoms with Gasteiger partial charge in [-0.15, -0.1) is 0 Å². The van der Waals surface area contributed by atoms with E-state index in [1.165, 1.54) is 11.1 Å². The Kier molecular flexibility index (Phi) is 6.74. The van der Waals surface area contributed by atoms with Crippen LogP contribution in [0.25, 0.3) is 0 Å². The summed E-state index contributed by atoms with van der Waals surface area (Å²) in [7, 11) is -6.00. The number of halogens is 6. The van der Waals surface area contributed by atoms with Gasteiger partial charge < -0.3 is 22.4 Å². The number of β-amino-alcohol motifs (C(OH)–C–C–N with tert-alkyl or cyclic N) is 1. The molecule has 2 aromatic rings. The molecular formula is C16H15BCl2F4NO-. The highest BCUT2D eigenvalue weighted by molar-refractivity contribution is 6.50. The largest absolute Gasteiger partial charge is 0.673 e. The van der Waals surface area contributed by atoms with Crippen LogP contribution in [0.15, 0.2) is 48.5 Å². The predicted molar refractivity (Wildman–Crippen MR) is 92.5 cm³/mol. The van der Waals surface area contributed by atoms with E-state index in [0.717, 1.165) is 10.0 Å². The Morgan fingerprint density at radius 3 is 1.44 bits per heavy atom. The molecule has 9 heteroatoms. The van der Waals surface area contributed by atoms with Gasteiger partial charge in [0, 0.05) is 23.1 Å². The van der Waals surface area contributed by atoms with Gasteiger partial charge in [0.2, 0.25) is 0 Å². The van der Waals surface area contributed by atoms with Crippen LogP contribution in [-0.2, 0) is 0 Å². The normalized spacial score (nSPS) is 15.5. The second-order valence-electron chi connectivity index (χ2n) is 5.61. The minimum atomic E-state index is -6.00. The quantitative estimate of drug-likeness (QED) is 0.581. The lowest BCUT2D eigenvalue weighted by Crippen LogP contribution is -2.52. The monoisotopic (exact) mass is 394 g/mol. The van der Waals surface area contributed by atoms with Crippen LogP contribution in [0.2, 0.25) is 10.0 Å². The van der Waals surface area contributed by atoms with Gasteiger partial charge in [0.1, 0.15) is 0 Å². The predicted octanol–water partition coefficient (Wildman–Crippen LogP) is 5.06. The Bertz CT molecular complexity index is 625. The molecule has 1 N–H and O–H groups in total. The Balaban J connectivity index is 0.000000399. The van der Waals surface area contributed by atoms with Crippen LogP contribution in [-0.4, -0.2) is 36.5 Å². The zero-order valence-electron chi connectivity index (χ0n) is 12.9. The molecule has 136 valence electrons. The number of aliphatic hydroxyl groups is 1. The third-order valence-corrected chi connectivity index (χ3v) is 4.13. The summed E-state index contributed by atoms with van der Waals surface area (Å²) in [4.78, 5) is 2.25. The van der Waals surface area contributed by atoms with E-state index in [-0.39, 0.29) is 12.1 Å². The maximum absolute atomic E-state index is 9.75. The zero-order valence-corrected chi connectivity index (χ0v) is 14.4. The zero-order chi connectivity index (χ0) is 18.6. The number of benzene rings is 2. The molecule has 0 spiro atoms. The maximum Gasteiger partial charge on any atom is 0.673 e. The smallest absolute Gasteiger partial charge is 0.418 e. The van der Waals surface area contributed by atoms with Gasteiger partial charge in [-0.1, -0.05) is 47.5 Å². The molecule has 25 heavy (non-hydrogen) atoms. The molecule has 0 saturated carbocycles. The van der Waals surface area contributed by atoms with E-state index in [0.29, 0.717) is 13.1 Å². The molecule has 1 fully saturated rings. The number of likely N-dealkylation sites (tertiary alicyclic amines) is 1. The fourth-order valence-electron chi connectivity index (χ4n) is 2.60. The summed E-state index contributed by atoms with van der Waals surface area (Å²) in [5, 5.41) is 11.0. The SMILES string of the molecule is F[B-](F)(F)F.OC1CN(C(c2ccc(Cl)cc2)c2ccc(Cl)cc2)C1. The van der Waals surface area contributed by atoms with Crippen LogP contribution in [0.4, 0.5) is 17.3 Å². The minimum absolute atomic E-state index is 0.132. The van der Waals surface area contributed by atoms with Crippen molar-refractivity contribution in [3.63, 3.8) is 0 Å². The van der Waals surface area contributed by atoms with Crippen LogP contribution in [0, 0.1) is 0 Å². The average molecular weight is 395 g/mol. The van der Waals surface area contributed by atoms with E-state index in [1.807, 2.05) is 48.5 Å². The molecule has 3 rings (SSSR count). The summed E-state index contributed by atoms with van der Waals surface area (Å²) in [5.41, 5.74) is 2.34. The van der Waals surface area contributed by atoms with Crippen LogP contribution in [0.1, 0.15) is 17.2 Å². The van der Waals surface area contributed by atoms with E-state index >= 15 is 0 Å². The molecule has 0 atom stereocenters. The van der Waals surface area contributed by atoms with Crippen molar-refractivity contribution in [3.05, 3.63) is 69.7 Å². The molecule has 1 aliphatic rings. The van der Waals surface area contributed by atoms with Crippen molar-refractivity contribution in [1.82, 2.24) is 4.90 Å². The first kappa shape index (κ1) is 20.0. The first-order chi connectivity index (χ1) is 11.6. The molecule has 1 aliphatic heterocycles. The Labute approximate surface area is 153 Å². The lowest BCUT2D eigenvalue weighted by atomic mass is 9.94. The first-order valence-corrected chi connectivity index (χ1v) is 8.19. The average Bonchev–Trinajstić information content (AvgIpc) is 2.48. The number of hydrogen-bond acceptors (Lipinski definition) is 2. The van der Waals surface area contributed by atoms with Crippen molar-refractivity contribution in [3.8, 4) is 0 Å². The van der Waals surface area contributed by atoms with E-state index in [9.17, 15) is 22.4 Å². The highest BCUT2D eigenvalue weighted by Crippen LogP contribution is 2.33. The lowest BCUT2D eigenvalue weighted by molar-refractivity contribution is -0.0160. The van der Waals surface area contributed by atoms with Gasteiger partial charge in [-0.2, -0.15) is 0 Å². The van der Waals surface area contributed by atoms with Crippen LogP contribution in [0.3, 0.4) is 0 Å². The molecule has 0 aliphatic carbocycles. The highest BCUT2D eigenvalue weighted by atomic mass is 35.5.